The summed E-state index contributed by atoms with van der Waals surface area (Å²) in [5.74, 6) is 0.703. The highest BCUT2D eigenvalue weighted by Gasteiger charge is 1.96. The first-order chi connectivity index (χ1) is 7.22. The zero-order chi connectivity index (χ0) is 11.1. The maximum Gasteiger partial charge on any atom is 0.314 e. The van der Waals surface area contributed by atoms with Gasteiger partial charge in [0.25, 0.3) is 0 Å². The topological polar surface area (TPSA) is 76.4 Å². The van der Waals surface area contributed by atoms with Crippen molar-refractivity contribution in [3.05, 3.63) is 24.3 Å². The molecule has 0 spiro atoms. The van der Waals surface area contributed by atoms with Gasteiger partial charge in [0, 0.05) is 18.8 Å². The zero-order valence-corrected chi connectivity index (χ0v) is 8.62. The molecule has 1 rings (SSSR count). The number of amides is 2. The van der Waals surface area contributed by atoms with Crippen LogP contribution in [0.3, 0.4) is 0 Å². The molecular formula is C10H15N3O2. The lowest BCUT2D eigenvalue weighted by molar-refractivity contribution is 0.238. The summed E-state index contributed by atoms with van der Waals surface area (Å²) in [7, 11) is 1.56. The average Bonchev–Trinajstić information content (AvgIpc) is 2.24. The average molecular weight is 209 g/mol. The Kier molecular flexibility index (Phi) is 4.28. The Morgan fingerprint density at radius 1 is 1.53 bits per heavy atom. The van der Waals surface area contributed by atoms with Crippen LogP contribution in [0.4, 0.5) is 10.5 Å². The highest BCUT2D eigenvalue weighted by atomic mass is 16.5. The van der Waals surface area contributed by atoms with Gasteiger partial charge in [0.15, 0.2) is 0 Å². The molecule has 0 heterocycles. The van der Waals surface area contributed by atoms with Gasteiger partial charge in [-0.2, -0.15) is 0 Å². The summed E-state index contributed by atoms with van der Waals surface area (Å²) < 4.78 is 5.36. The minimum absolute atomic E-state index is 0.217. The Bertz CT molecular complexity index is 328. The fraction of sp³-hybridized carbons (Fsp3) is 0.300. The number of anilines is 1. The van der Waals surface area contributed by atoms with Crippen LogP contribution in [0.2, 0.25) is 0 Å². The van der Waals surface area contributed by atoms with E-state index in [1.54, 1.807) is 19.2 Å². The number of nitrogens with one attached hydrogen (secondary N) is 2. The molecule has 0 aliphatic heterocycles. The van der Waals surface area contributed by atoms with Gasteiger partial charge >= 0.3 is 6.03 Å². The molecule has 0 aliphatic carbocycles. The van der Waals surface area contributed by atoms with Gasteiger partial charge in [0.1, 0.15) is 12.4 Å². The molecule has 5 heteroatoms. The molecule has 0 radical (unpaired) electrons. The second-order valence-electron chi connectivity index (χ2n) is 2.93. The molecule has 0 bridgehead atoms. The predicted molar refractivity (Wildman–Crippen MR) is 58.8 cm³/mol. The lowest BCUT2D eigenvalue weighted by Gasteiger charge is -2.07. The van der Waals surface area contributed by atoms with Crippen LogP contribution in [0, 0.1) is 0 Å². The molecule has 5 nitrogen and oxygen atoms in total. The van der Waals surface area contributed by atoms with Gasteiger partial charge in [-0.25, -0.2) is 4.79 Å². The van der Waals surface area contributed by atoms with Crippen LogP contribution in [0.25, 0.3) is 0 Å². The van der Waals surface area contributed by atoms with E-state index in [0.29, 0.717) is 24.6 Å². The monoisotopic (exact) mass is 209 g/mol. The highest BCUT2D eigenvalue weighted by molar-refractivity contribution is 5.73. The fourth-order valence-corrected chi connectivity index (χ4v) is 1.03. The second kappa shape index (κ2) is 5.74. The Morgan fingerprint density at radius 3 is 3.00 bits per heavy atom. The number of carbonyl (C=O) groups excluding carboxylic acids is 1. The van der Waals surface area contributed by atoms with Crippen LogP contribution in [0.15, 0.2) is 24.3 Å². The summed E-state index contributed by atoms with van der Waals surface area (Å²) in [5.41, 5.74) is 6.23. The first kappa shape index (κ1) is 11.2. The number of ether oxygens (including phenoxy) is 1. The van der Waals surface area contributed by atoms with Gasteiger partial charge in [0.05, 0.1) is 6.54 Å². The Morgan fingerprint density at radius 2 is 2.33 bits per heavy atom. The maximum absolute atomic E-state index is 10.8. The van der Waals surface area contributed by atoms with Crippen LogP contribution in [0.1, 0.15) is 0 Å². The van der Waals surface area contributed by atoms with E-state index in [-0.39, 0.29) is 6.03 Å². The lowest BCUT2D eigenvalue weighted by atomic mass is 10.3. The molecule has 0 saturated carbocycles. The molecule has 0 fully saturated rings. The van der Waals surface area contributed by atoms with Gasteiger partial charge in [-0.1, -0.05) is 6.07 Å². The van der Waals surface area contributed by atoms with Crippen molar-refractivity contribution in [1.82, 2.24) is 10.6 Å². The number of nitrogens with two attached hydrogens (primary N) is 1. The SMILES string of the molecule is CNC(=O)NCCOc1cccc(N)c1. The van der Waals surface area contributed by atoms with E-state index in [9.17, 15) is 4.79 Å². The van der Waals surface area contributed by atoms with E-state index in [1.807, 2.05) is 12.1 Å². The summed E-state index contributed by atoms with van der Waals surface area (Å²) in [6, 6.07) is 6.94. The number of carbonyl (C=O) groups is 1. The quantitative estimate of drug-likeness (QED) is 0.501. The van der Waals surface area contributed by atoms with E-state index >= 15 is 0 Å². The van der Waals surface area contributed by atoms with E-state index < -0.39 is 0 Å². The van der Waals surface area contributed by atoms with Crippen LogP contribution in [-0.2, 0) is 0 Å². The largest absolute Gasteiger partial charge is 0.492 e. The third-order valence-electron chi connectivity index (χ3n) is 1.74. The highest BCUT2D eigenvalue weighted by Crippen LogP contribution is 2.13. The maximum atomic E-state index is 10.8. The summed E-state index contributed by atoms with van der Waals surface area (Å²) >= 11 is 0. The van der Waals surface area contributed by atoms with Crippen LogP contribution in [-0.4, -0.2) is 26.2 Å². The van der Waals surface area contributed by atoms with E-state index in [0.717, 1.165) is 0 Å². The molecule has 0 aromatic heterocycles. The number of hydrogen-bond acceptors (Lipinski definition) is 3. The molecule has 15 heavy (non-hydrogen) atoms. The third-order valence-corrected chi connectivity index (χ3v) is 1.74. The van der Waals surface area contributed by atoms with E-state index in [1.165, 1.54) is 0 Å². The predicted octanol–water partition coefficient (Wildman–Crippen LogP) is 0.577. The lowest BCUT2D eigenvalue weighted by Crippen LogP contribution is -2.35. The van der Waals surface area contributed by atoms with E-state index in [4.69, 9.17) is 10.5 Å². The van der Waals surface area contributed by atoms with E-state index in [2.05, 4.69) is 10.6 Å². The molecule has 1 aromatic carbocycles. The molecule has 0 unspecified atom stereocenters. The van der Waals surface area contributed by atoms with Crippen molar-refractivity contribution in [3.63, 3.8) is 0 Å². The van der Waals surface area contributed by atoms with Crippen LogP contribution < -0.4 is 21.1 Å². The Balaban J connectivity index is 2.23. The third kappa shape index (κ3) is 4.21. The molecule has 0 saturated heterocycles. The van der Waals surface area contributed by atoms with Crippen molar-refractivity contribution in [3.8, 4) is 5.75 Å². The first-order valence-corrected chi connectivity index (χ1v) is 4.66. The molecular weight excluding hydrogens is 194 g/mol. The van der Waals surface area contributed by atoms with Crippen molar-refractivity contribution >= 4 is 11.7 Å². The molecule has 4 N–H and O–H groups in total. The molecule has 1 aromatic rings. The van der Waals surface area contributed by atoms with Gasteiger partial charge in [-0.3, -0.25) is 0 Å². The Labute approximate surface area is 88.6 Å². The molecule has 0 atom stereocenters. The van der Waals surface area contributed by atoms with Gasteiger partial charge in [-0.05, 0) is 12.1 Å². The minimum Gasteiger partial charge on any atom is -0.492 e. The smallest absolute Gasteiger partial charge is 0.314 e. The van der Waals surface area contributed by atoms with Crippen molar-refractivity contribution < 1.29 is 9.53 Å². The number of rotatable bonds is 4. The van der Waals surface area contributed by atoms with Crippen LogP contribution in [0.5, 0.6) is 5.75 Å². The molecule has 2 amide bonds. The fourth-order valence-electron chi connectivity index (χ4n) is 1.03. The van der Waals surface area contributed by atoms with Crippen molar-refractivity contribution in [2.24, 2.45) is 0 Å². The van der Waals surface area contributed by atoms with Crippen LogP contribution >= 0.6 is 0 Å². The van der Waals surface area contributed by atoms with Gasteiger partial charge in [-0.15, -0.1) is 0 Å². The Hall–Kier alpha value is -1.91. The minimum atomic E-state index is -0.217. The number of urea groups is 1. The molecule has 82 valence electrons. The normalized spacial score (nSPS) is 9.40. The standard InChI is InChI=1S/C10H15N3O2/c1-12-10(14)13-5-6-15-9-4-2-3-8(11)7-9/h2-4,7H,5-6,11H2,1H3,(H2,12,13,14). The van der Waals surface area contributed by atoms with Gasteiger partial charge < -0.3 is 21.1 Å². The summed E-state index contributed by atoms with van der Waals surface area (Å²) in [5, 5.41) is 5.06. The van der Waals surface area contributed by atoms with Crippen molar-refractivity contribution in [2.45, 2.75) is 0 Å². The number of nitrogen functional groups attached to an aromatic ring is 1. The van der Waals surface area contributed by atoms with Gasteiger partial charge in [0.2, 0.25) is 0 Å². The number of hydrogen-bond donors (Lipinski definition) is 3. The summed E-state index contributed by atoms with van der Waals surface area (Å²) in [6.45, 7) is 0.866. The second-order valence-corrected chi connectivity index (χ2v) is 2.93. The first-order valence-electron chi connectivity index (χ1n) is 4.66. The molecule has 0 aliphatic rings. The van der Waals surface area contributed by atoms with Crippen molar-refractivity contribution in [2.75, 3.05) is 25.9 Å². The summed E-state index contributed by atoms with van der Waals surface area (Å²) in [4.78, 5) is 10.8. The number of benzene rings is 1. The zero-order valence-electron chi connectivity index (χ0n) is 8.62. The summed E-state index contributed by atoms with van der Waals surface area (Å²) in [6.07, 6.45) is 0. The van der Waals surface area contributed by atoms with Crippen molar-refractivity contribution in [1.29, 1.82) is 0 Å².